The molecule has 0 fully saturated rings. The maximum absolute atomic E-state index is 13.6. The number of halogens is 2. The van der Waals surface area contributed by atoms with Crippen LogP contribution in [-0.2, 0) is 9.59 Å². The Labute approximate surface area is 168 Å². The van der Waals surface area contributed by atoms with E-state index in [-0.39, 0.29) is 22.5 Å². The van der Waals surface area contributed by atoms with E-state index in [1.165, 1.54) is 24.3 Å². The third kappa shape index (κ3) is 5.37. The molecule has 1 aromatic heterocycles. The van der Waals surface area contributed by atoms with Gasteiger partial charge in [-0.05, 0) is 24.3 Å². The molecule has 2 aromatic carbocycles. The summed E-state index contributed by atoms with van der Waals surface area (Å²) >= 11 is 2.25. The van der Waals surface area contributed by atoms with Crippen molar-refractivity contribution in [3.05, 3.63) is 59.5 Å². The second-order valence-electron chi connectivity index (χ2n) is 5.71. The maximum atomic E-state index is 13.6. The molecule has 1 heterocycles. The zero-order valence-corrected chi connectivity index (χ0v) is 16.3. The first-order valence-electron chi connectivity index (χ1n) is 8.12. The topological polar surface area (TPSA) is 71.1 Å². The largest absolute Gasteiger partial charge is 0.326 e. The van der Waals surface area contributed by atoms with Gasteiger partial charge in [0.15, 0.2) is 5.13 Å². The third-order valence-electron chi connectivity index (χ3n) is 3.50. The number of amides is 2. The van der Waals surface area contributed by atoms with Crippen LogP contribution in [0.15, 0.2) is 52.7 Å². The molecule has 0 aliphatic carbocycles. The number of anilines is 2. The van der Waals surface area contributed by atoms with Gasteiger partial charge in [-0.2, -0.15) is 0 Å². The molecule has 2 N–H and O–H groups in total. The van der Waals surface area contributed by atoms with Gasteiger partial charge < -0.3 is 10.6 Å². The Balaban J connectivity index is 1.57. The molecule has 0 radical (unpaired) electrons. The molecule has 0 aliphatic rings. The highest BCUT2D eigenvalue weighted by molar-refractivity contribution is 8.00. The van der Waals surface area contributed by atoms with Crippen LogP contribution in [0.2, 0.25) is 0 Å². The van der Waals surface area contributed by atoms with Crippen molar-refractivity contribution >= 4 is 45.7 Å². The number of rotatable bonds is 6. The molecule has 28 heavy (non-hydrogen) atoms. The van der Waals surface area contributed by atoms with E-state index in [0.29, 0.717) is 16.5 Å². The van der Waals surface area contributed by atoms with Crippen LogP contribution in [0.1, 0.15) is 6.92 Å². The normalized spacial score (nSPS) is 10.5. The van der Waals surface area contributed by atoms with Gasteiger partial charge in [0, 0.05) is 34.5 Å². The van der Waals surface area contributed by atoms with Gasteiger partial charge in [0.05, 0.1) is 11.4 Å². The van der Waals surface area contributed by atoms with E-state index in [1.54, 1.807) is 17.5 Å². The first kappa shape index (κ1) is 20.0. The Morgan fingerprint density at radius 2 is 1.86 bits per heavy atom. The van der Waals surface area contributed by atoms with Crippen LogP contribution in [0.25, 0.3) is 11.3 Å². The minimum Gasteiger partial charge on any atom is -0.326 e. The number of benzene rings is 2. The van der Waals surface area contributed by atoms with Crippen molar-refractivity contribution in [3.63, 3.8) is 0 Å². The van der Waals surface area contributed by atoms with Crippen molar-refractivity contribution < 1.29 is 18.4 Å². The van der Waals surface area contributed by atoms with E-state index in [4.69, 9.17) is 0 Å². The lowest BCUT2D eigenvalue weighted by molar-refractivity contribution is -0.114. The van der Waals surface area contributed by atoms with Gasteiger partial charge in [0.25, 0.3) is 0 Å². The van der Waals surface area contributed by atoms with Crippen molar-refractivity contribution in [2.45, 2.75) is 11.8 Å². The molecule has 0 saturated heterocycles. The van der Waals surface area contributed by atoms with E-state index < -0.39 is 11.6 Å². The average molecular weight is 419 g/mol. The van der Waals surface area contributed by atoms with E-state index in [0.717, 1.165) is 29.5 Å². The van der Waals surface area contributed by atoms with Crippen LogP contribution >= 0.6 is 23.1 Å². The number of aromatic nitrogens is 1. The molecule has 0 atom stereocenters. The monoisotopic (exact) mass is 419 g/mol. The Bertz CT molecular complexity index is 1010. The molecule has 0 saturated carbocycles. The molecule has 0 spiro atoms. The Morgan fingerprint density at radius 3 is 2.54 bits per heavy atom. The highest BCUT2D eigenvalue weighted by atomic mass is 32.2. The number of carbonyl (C=O) groups is 2. The molecule has 2 amide bonds. The second kappa shape index (κ2) is 8.94. The second-order valence-corrected chi connectivity index (χ2v) is 7.58. The molecule has 5 nitrogen and oxygen atoms in total. The summed E-state index contributed by atoms with van der Waals surface area (Å²) in [7, 11) is 0. The van der Waals surface area contributed by atoms with E-state index >= 15 is 0 Å². The van der Waals surface area contributed by atoms with Gasteiger partial charge in [0.2, 0.25) is 11.8 Å². The van der Waals surface area contributed by atoms with E-state index in [2.05, 4.69) is 15.6 Å². The quantitative estimate of drug-likeness (QED) is 0.564. The third-order valence-corrected chi connectivity index (χ3v) is 5.31. The minimum absolute atomic E-state index is 0.0249. The van der Waals surface area contributed by atoms with Crippen molar-refractivity contribution in [2.24, 2.45) is 0 Å². The number of thioether (sulfide) groups is 1. The Morgan fingerprint density at radius 1 is 1.11 bits per heavy atom. The molecular formula is C19H15F2N3O2S2. The van der Waals surface area contributed by atoms with E-state index in [9.17, 15) is 18.4 Å². The summed E-state index contributed by atoms with van der Waals surface area (Å²) in [4.78, 5) is 27.7. The van der Waals surface area contributed by atoms with Crippen LogP contribution in [0, 0.1) is 11.6 Å². The number of thiazole rings is 1. The molecule has 3 aromatic rings. The van der Waals surface area contributed by atoms with Crippen LogP contribution in [0.5, 0.6) is 0 Å². The van der Waals surface area contributed by atoms with Crippen LogP contribution in [0.4, 0.5) is 19.6 Å². The van der Waals surface area contributed by atoms with Crippen LogP contribution in [0.3, 0.4) is 0 Å². The first-order valence-corrected chi connectivity index (χ1v) is 9.98. The van der Waals surface area contributed by atoms with Crippen molar-refractivity contribution in [1.29, 1.82) is 0 Å². The number of nitrogens with zero attached hydrogens (tertiary/aromatic N) is 1. The van der Waals surface area contributed by atoms with Gasteiger partial charge in [0.1, 0.15) is 11.6 Å². The van der Waals surface area contributed by atoms with Crippen molar-refractivity contribution in [3.8, 4) is 11.3 Å². The van der Waals surface area contributed by atoms with Crippen molar-refractivity contribution in [1.82, 2.24) is 4.98 Å². The minimum atomic E-state index is -0.697. The summed E-state index contributed by atoms with van der Waals surface area (Å²) in [5.41, 5.74) is 2.21. The van der Waals surface area contributed by atoms with Crippen LogP contribution < -0.4 is 10.6 Å². The van der Waals surface area contributed by atoms with Crippen LogP contribution in [-0.4, -0.2) is 22.6 Å². The van der Waals surface area contributed by atoms with Gasteiger partial charge in [-0.15, -0.1) is 23.1 Å². The fourth-order valence-electron chi connectivity index (χ4n) is 2.28. The lowest BCUT2D eigenvalue weighted by atomic mass is 10.1. The number of hydrogen-bond donors (Lipinski definition) is 2. The molecule has 0 bridgehead atoms. The van der Waals surface area contributed by atoms with Gasteiger partial charge in [-0.25, -0.2) is 13.8 Å². The average Bonchev–Trinajstić information content (AvgIpc) is 3.09. The zero-order valence-electron chi connectivity index (χ0n) is 14.7. The Hall–Kier alpha value is -2.78. The molecule has 144 valence electrons. The predicted molar refractivity (Wildman–Crippen MR) is 108 cm³/mol. The predicted octanol–water partition coefficient (Wildman–Crippen LogP) is 4.78. The fraction of sp³-hybridized carbons (Fsp3) is 0.105. The summed E-state index contributed by atoms with van der Waals surface area (Å²) in [5.74, 6) is -1.87. The highest BCUT2D eigenvalue weighted by Crippen LogP contribution is 2.27. The molecule has 9 heteroatoms. The number of carbonyl (C=O) groups excluding carboxylic acids is 2. The molecule has 0 unspecified atom stereocenters. The number of hydrogen-bond acceptors (Lipinski definition) is 5. The lowest BCUT2D eigenvalue weighted by Gasteiger charge is -2.04. The van der Waals surface area contributed by atoms with Gasteiger partial charge in [-0.1, -0.05) is 12.1 Å². The summed E-state index contributed by atoms with van der Waals surface area (Å²) < 4.78 is 26.5. The van der Waals surface area contributed by atoms with Gasteiger partial charge >= 0.3 is 0 Å². The summed E-state index contributed by atoms with van der Waals surface area (Å²) in [5, 5.41) is 7.57. The lowest BCUT2D eigenvalue weighted by Crippen LogP contribution is -2.13. The molecule has 3 rings (SSSR count). The van der Waals surface area contributed by atoms with Crippen molar-refractivity contribution in [2.75, 3.05) is 16.4 Å². The zero-order chi connectivity index (χ0) is 20.1. The SMILES string of the molecule is CC(=O)Nc1ccc(-c2csc(NC(=O)CSc3ccc(F)cc3F)n2)cc1. The first-order chi connectivity index (χ1) is 13.4. The van der Waals surface area contributed by atoms with E-state index in [1.807, 2.05) is 12.1 Å². The molecule has 0 aliphatic heterocycles. The fourth-order valence-corrected chi connectivity index (χ4v) is 3.74. The summed E-state index contributed by atoms with van der Waals surface area (Å²) in [6, 6.07) is 10.4. The maximum Gasteiger partial charge on any atom is 0.236 e. The smallest absolute Gasteiger partial charge is 0.236 e. The highest BCUT2D eigenvalue weighted by Gasteiger charge is 2.11. The molecular weight excluding hydrogens is 404 g/mol. The summed E-state index contributed by atoms with van der Waals surface area (Å²) in [6.07, 6.45) is 0. The summed E-state index contributed by atoms with van der Waals surface area (Å²) in [6.45, 7) is 1.44. The Kier molecular flexibility index (Phi) is 6.37. The standard InChI is InChI=1S/C19H15F2N3O2S2/c1-11(25)22-14-5-2-12(3-6-14)16-9-28-19(23-16)24-18(26)10-27-17-7-4-13(20)8-15(17)21/h2-9H,10H2,1H3,(H,22,25)(H,23,24,26). The van der Waals surface area contributed by atoms with Gasteiger partial charge in [-0.3, -0.25) is 9.59 Å². The number of nitrogens with one attached hydrogen (secondary N) is 2.